The van der Waals surface area contributed by atoms with Crippen LogP contribution in [0.15, 0.2) is 22.7 Å². The lowest BCUT2D eigenvalue weighted by molar-refractivity contribution is -0.125. The number of rotatable bonds is 3. The predicted octanol–water partition coefficient (Wildman–Crippen LogP) is 1.45. The summed E-state index contributed by atoms with van der Waals surface area (Å²) < 4.78 is 6.25. The zero-order valence-corrected chi connectivity index (χ0v) is 11.8. The number of hydrogen-bond donors (Lipinski definition) is 1. The highest BCUT2D eigenvalue weighted by molar-refractivity contribution is 9.10. The Hall–Kier alpha value is -1.56. The molecule has 1 fully saturated rings. The van der Waals surface area contributed by atoms with Gasteiger partial charge in [-0.15, -0.1) is 0 Å². The van der Waals surface area contributed by atoms with Crippen molar-refractivity contribution in [3.05, 3.63) is 22.7 Å². The molecule has 1 aliphatic carbocycles. The van der Waals surface area contributed by atoms with Crippen molar-refractivity contribution < 1.29 is 14.3 Å². The number of carbonyl (C=O) groups excluding carboxylic acids is 2. The normalized spacial score (nSPS) is 17.7. The number of amides is 2. The van der Waals surface area contributed by atoms with Gasteiger partial charge in [0.1, 0.15) is 12.3 Å². The molecule has 0 spiro atoms. The van der Waals surface area contributed by atoms with Crippen LogP contribution < -0.4 is 15.0 Å². The molecular weight excluding hydrogens is 312 g/mol. The summed E-state index contributed by atoms with van der Waals surface area (Å²) in [5, 5.41) is 2.88. The summed E-state index contributed by atoms with van der Waals surface area (Å²) in [6.07, 6.45) is 2.07. The molecule has 0 unspecified atom stereocenters. The zero-order chi connectivity index (χ0) is 13.4. The van der Waals surface area contributed by atoms with Crippen LogP contribution in [0.4, 0.5) is 5.69 Å². The minimum absolute atomic E-state index is 0.0276. The molecule has 0 radical (unpaired) electrons. The Bertz CT molecular complexity index is 543. The lowest BCUT2D eigenvalue weighted by Gasteiger charge is -2.29. The van der Waals surface area contributed by atoms with Crippen LogP contribution in [-0.2, 0) is 9.59 Å². The molecule has 1 aromatic carbocycles. The summed E-state index contributed by atoms with van der Waals surface area (Å²) in [5.74, 6) is 0.306. The molecule has 0 bridgehead atoms. The summed E-state index contributed by atoms with van der Waals surface area (Å²) in [7, 11) is 0. The molecule has 6 heteroatoms. The molecule has 2 amide bonds. The first kappa shape index (κ1) is 12.5. The molecular formula is C13H13BrN2O3. The van der Waals surface area contributed by atoms with Gasteiger partial charge in [-0.1, -0.05) is 15.9 Å². The molecule has 0 atom stereocenters. The van der Waals surface area contributed by atoms with Crippen LogP contribution in [0.2, 0.25) is 0 Å². The zero-order valence-electron chi connectivity index (χ0n) is 10.2. The molecule has 1 aromatic rings. The second-order valence-corrected chi connectivity index (χ2v) is 5.64. The van der Waals surface area contributed by atoms with Crippen molar-refractivity contribution in [3.8, 4) is 5.75 Å². The highest BCUT2D eigenvalue weighted by Gasteiger charge is 2.29. The van der Waals surface area contributed by atoms with Gasteiger partial charge in [0.05, 0.1) is 5.69 Å². The maximum absolute atomic E-state index is 11.9. The number of fused-ring (bicyclic) bond motifs is 1. The summed E-state index contributed by atoms with van der Waals surface area (Å²) in [5.41, 5.74) is 0.644. The van der Waals surface area contributed by atoms with E-state index in [2.05, 4.69) is 21.2 Å². The van der Waals surface area contributed by atoms with E-state index in [9.17, 15) is 9.59 Å². The SMILES string of the molecule is O=C(CN1C(=O)COc2cc(Br)ccc21)NC1CC1. The average Bonchev–Trinajstić information content (AvgIpc) is 3.16. The van der Waals surface area contributed by atoms with Crippen molar-refractivity contribution in [1.82, 2.24) is 5.32 Å². The second-order valence-electron chi connectivity index (χ2n) is 4.72. The third-order valence-electron chi connectivity index (χ3n) is 3.11. The number of nitrogens with zero attached hydrogens (tertiary/aromatic N) is 1. The standard InChI is InChI=1S/C13H13BrN2O3/c14-8-1-4-10-11(5-8)19-7-13(18)16(10)6-12(17)15-9-2-3-9/h1,4-5,9H,2-3,6-7H2,(H,15,17). The van der Waals surface area contributed by atoms with Crippen LogP contribution >= 0.6 is 15.9 Å². The predicted molar refractivity (Wildman–Crippen MR) is 73.2 cm³/mol. The van der Waals surface area contributed by atoms with Crippen molar-refractivity contribution >= 4 is 33.4 Å². The van der Waals surface area contributed by atoms with Gasteiger partial charge >= 0.3 is 0 Å². The fourth-order valence-electron chi connectivity index (χ4n) is 2.00. The molecule has 1 saturated carbocycles. The van der Waals surface area contributed by atoms with Gasteiger partial charge in [-0.25, -0.2) is 0 Å². The van der Waals surface area contributed by atoms with E-state index in [-0.39, 0.29) is 25.0 Å². The van der Waals surface area contributed by atoms with Crippen LogP contribution in [0.5, 0.6) is 5.75 Å². The van der Waals surface area contributed by atoms with Crippen LogP contribution in [0.25, 0.3) is 0 Å². The Morgan fingerprint density at radius 3 is 3.00 bits per heavy atom. The summed E-state index contributed by atoms with van der Waals surface area (Å²) >= 11 is 3.35. The molecule has 0 saturated heterocycles. The van der Waals surface area contributed by atoms with E-state index in [1.165, 1.54) is 4.90 Å². The highest BCUT2D eigenvalue weighted by Crippen LogP contribution is 2.34. The highest BCUT2D eigenvalue weighted by atomic mass is 79.9. The van der Waals surface area contributed by atoms with Crippen LogP contribution in [0.1, 0.15) is 12.8 Å². The van der Waals surface area contributed by atoms with Crippen molar-refractivity contribution in [2.75, 3.05) is 18.1 Å². The topological polar surface area (TPSA) is 58.6 Å². The number of ether oxygens (including phenoxy) is 1. The van der Waals surface area contributed by atoms with Gasteiger partial charge in [0, 0.05) is 10.5 Å². The van der Waals surface area contributed by atoms with Gasteiger partial charge in [0.15, 0.2) is 6.61 Å². The fourth-order valence-corrected chi connectivity index (χ4v) is 2.34. The quantitative estimate of drug-likeness (QED) is 0.915. The number of halogens is 1. The van der Waals surface area contributed by atoms with E-state index < -0.39 is 0 Å². The number of anilines is 1. The van der Waals surface area contributed by atoms with Crippen molar-refractivity contribution in [3.63, 3.8) is 0 Å². The van der Waals surface area contributed by atoms with Gasteiger partial charge in [-0.2, -0.15) is 0 Å². The Balaban J connectivity index is 1.79. The smallest absolute Gasteiger partial charge is 0.265 e. The van der Waals surface area contributed by atoms with Gasteiger partial charge in [-0.05, 0) is 31.0 Å². The molecule has 1 N–H and O–H groups in total. The Morgan fingerprint density at radius 2 is 2.26 bits per heavy atom. The molecule has 19 heavy (non-hydrogen) atoms. The first-order valence-electron chi connectivity index (χ1n) is 6.15. The van der Waals surface area contributed by atoms with Crippen molar-refractivity contribution in [2.45, 2.75) is 18.9 Å². The Kier molecular flexibility index (Phi) is 3.18. The third kappa shape index (κ3) is 2.73. The molecule has 1 heterocycles. The van der Waals surface area contributed by atoms with E-state index in [4.69, 9.17) is 4.74 Å². The lowest BCUT2D eigenvalue weighted by atomic mass is 10.2. The van der Waals surface area contributed by atoms with Gasteiger partial charge in [0.25, 0.3) is 5.91 Å². The van der Waals surface area contributed by atoms with Crippen molar-refractivity contribution in [1.29, 1.82) is 0 Å². The molecule has 5 nitrogen and oxygen atoms in total. The summed E-state index contributed by atoms with van der Waals surface area (Å²) in [6, 6.07) is 5.70. The van der Waals surface area contributed by atoms with E-state index in [1.807, 2.05) is 6.07 Å². The van der Waals surface area contributed by atoms with Gasteiger partial charge in [-0.3, -0.25) is 14.5 Å². The maximum Gasteiger partial charge on any atom is 0.265 e. The molecule has 0 aromatic heterocycles. The average molecular weight is 325 g/mol. The first-order valence-corrected chi connectivity index (χ1v) is 6.95. The third-order valence-corrected chi connectivity index (χ3v) is 3.60. The molecule has 2 aliphatic rings. The summed E-state index contributed by atoms with van der Waals surface area (Å²) in [4.78, 5) is 25.2. The number of hydrogen-bond acceptors (Lipinski definition) is 3. The number of carbonyl (C=O) groups is 2. The van der Waals surface area contributed by atoms with Gasteiger partial charge < -0.3 is 10.1 Å². The minimum Gasteiger partial charge on any atom is -0.482 e. The second kappa shape index (κ2) is 4.85. The van der Waals surface area contributed by atoms with Crippen LogP contribution in [0.3, 0.4) is 0 Å². The first-order chi connectivity index (χ1) is 9.13. The minimum atomic E-state index is -0.194. The van der Waals surface area contributed by atoms with E-state index in [1.54, 1.807) is 12.1 Å². The Morgan fingerprint density at radius 1 is 1.47 bits per heavy atom. The fraction of sp³-hybridized carbons (Fsp3) is 0.385. The largest absolute Gasteiger partial charge is 0.482 e. The van der Waals surface area contributed by atoms with E-state index >= 15 is 0 Å². The Labute approximate surface area is 119 Å². The maximum atomic E-state index is 11.9. The molecule has 3 rings (SSSR count). The molecule has 1 aliphatic heterocycles. The molecule has 100 valence electrons. The van der Waals surface area contributed by atoms with Gasteiger partial charge in [0.2, 0.25) is 5.91 Å². The number of benzene rings is 1. The van der Waals surface area contributed by atoms with E-state index in [0.717, 1.165) is 17.3 Å². The number of nitrogens with one attached hydrogen (secondary N) is 1. The van der Waals surface area contributed by atoms with Crippen LogP contribution in [0, 0.1) is 0 Å². The van der Waals surface area contributed by atoms with Crippen molar-refractivity contribution in [2.24, 2.45) is 0 Å². The van der Waals surface area contributed by atoms with Crippen LogP contribution in [-0.4, -0.2) is 31.0 Å². The monoisotopic (exact) mass is 324 g/mol. The van der Waals surface area contributed by atoms with E-state index in [0.29, 0.717) is 17.5 Å². The summed E-state index contributed by atoms with van der Waals surface area (Å²) in [6.45, 7) is 0.0213. The lowest BCUT2D eigenvalue weighted by Crippen LogP contribution is -2.45.